The molecule has 0 heterocycles. The van der Waals surface area contributed by atoms with Gasteiger partial charge >= 0.3 is 6.36 Å². The second-order valence-electron chi connectivity index (χ2n) is 6.60. The van der Waals surface area contributed by atoms with Crippen LogP contribution in [0.2, 0.25) is 0 Å². The number of benzene rings is 2. The average molecular weight is 404 g/mol. The third kappa shape index (κ3) is 6.67. The number of anilines is 1. The molecule has 0 aromatic heterocycles. The van der Waals surface area contributed by atoms with E-state index in [0.29, 0.717) is 5.69 Å². The number of hydrogen-bond donors (Lipinski definition) is 2. The van der Waals surface area contributed by atoms with Gasteiger partial charge in [-0.2, -0.15) is 0 Å². The predicted octanol–water partition coefficient (Wildman–Crippen LogP) is 4.26. The molecule has 1 aliphatic rings. The highest BCUT2D eigenvalue weighted by Crippen LogP contribution is 2.30. The van der Waals surface area contributed by atoms with Gasteiger partial charge in [-0.1, -0.05) is 30.3 Å². The van der Waals surface area contributed by atoms with Crippen molar-refractivity contribution in [2.75, 3.05) is 5.32 Å². The van der Waals surface area contributed by atoms with Crippen LogP contribution >= 0.6 is 0 Å². The lowest BCUT2D eigenvalue weighted by atomic mass is 10.2. The molecule has 1 aliphatic carbocycles. The third-order valence-electron chi connectivity index (χ3n) is 4.20. The van der Waals surface area contributed by atoms with Crippen LogP contribution in [0, 0.1) is 5.92 Å². The van der Waals surface area contributed by atoms with Crippen LogP contribution in [-0.4, -0.2) is 18.2 Å². The summed E-state index contributed by atoms with van der Waals surface area (Å²) in [4.78, 5) is 23.7. The number of rotatable bonds is 7. The van der Waals surface area contributed by atoms with Crippen LogP contribution in [0.5, 0.6) is 5.75 Å². The Bertz CT molecular complexity index is 904. The molecule has 0 unspecified atom stereocenters. The summed E-state index contributed by atoms with van der Waals surface area (Å²) < 4.78 is 41.2. The zero-order valence-electron chi connectivity index (χ0n) is 15.3. The number of halogens is 3. The molecule has 152 valence electrons. The quantitative estimate of drug-likeness (QED) is 0.678. The van der Waals surface area contributed by atoms with E-state index in [4.69, 9.17) is 0 Å². The van der Waals surface area contributed by atoms with Crippen molar-refractivity contribution >= 4 is 23.6 Å². The maximum absolute atomic E-state index is 12.4. The van der Waals surface area contributed by atoms with E-state index in [1.165, 1.54) is 24.3 Å². The van der Waals surface area contributed by atoms with Gasteiger partial charge in [0.1, 0.15) is 5.75 Å². The van der Waals surface area contributed by atoms with Crippen molar-refractivity contribution in [1.82, 2.24) is 5.32 Å². The summed E-state index contributed by atoms with van der Waals surface area (Å²) in [5.74, 6) is -0.704. The minimum atomic E-state index is -4.81. The molecule has 1 fully saturated rings. The predicted molar refractivity (Wildman–Crippen MR) is 102 cm³/mol. The van der Waals surface area contributed by atoms with Crippen molar-refractivity contribution in [1.29, 1.82) is 0 Å². The van der Waals surface area contributed by atoms with Crippen molar-refractivity contribution in [2.45, 2.75) is 25.7 Å². The lowest BCUT2D eigenvalue weighted by Gasteiger charge is -2.11. The van der Waals surface area contributed by atoms with Gasteiger partial charge in [0, 0.05) is 29.8 Å². The van der Waals surface area contributed by atoms with Gasteiger partial charge < -0.3 is 15.4 Å². The topological polar surface area (TPSA) is 67.4 Å². The molecule has 5 nitrogen and oxygen atoms in total. The third-order valence-corrected chi connectivity index (χ3v) is 4.20. The SMILES string of the molecule is O=C(/C=C/c1ccccc1OC(F)(F)F)NCc1ccc(NC(=O)C2CC2)cc1. The summed E-state index contributed by atoms with van der Waals surface area (Å²) in [6, 6.07) is 12.6. The van der Waals surface area contributed by atoms with Gasteiger partial charge in [-0.15, -0.1) is 13.2 Å². The Kier molecular flexibility index (Phi) is 6.21. The molecule has 2 aromatic rings. The fourth-order valence-electron chi connectivity index (χ4n) is 2.55. The van der Waals surface area contributed by atoms with Crippen LogP contribution in [-0.2, 0) is 16.1 Å². The maximum atomic E-state index is 12.4. The maximum Gasteiger partial charge on any atom is 0.573 e. The zero-order valence-corrected chi connectivity index (χ0v) is 15.3. The molecule has 0 spiro atoms. The number of hydrogen-bond acceptors (Lipinski definition) is 3. The molecule has 2 N–H and O–H groups in total. The Hall–Kier alpha value is -3.29. The fourth-order valence-corrected chi connectivity index (χ4v) is 2.55. The van der Waals surface area contributed by atoms with E-state index in [-0.39, 0.29) is 29.7 Å². The minimum Gasteiger partial charge on any atom is -0.405 e. The summed E-state index contributed by atoms with van der Waals surface area (Å²) >= 11 is 0. The Balaban J connectivity index is 1.51. The second-order valence-corrected chi connectivity index (χ2v) is 6.60. The Morgan fingerprint density at radius 1 is 1.07 bits per heavy atom. The largest absolute Gasteiger partial charge is 0.573 e. The molecule has 0 radical (unpaired) electrons. The van der Waals surface area contributed by atoms with E-state index >= 15 is 0 Å². The molecular weight excluding hydrogens is 385 g/mol. The molecule has 2 aromatic carbocycles. The summed E-state index contributed by atoms with van der Waals surface area (Å²) in [6.45, 7) is 0.237. The van der Waals surface area contributed by atoms with E-state index in [0.717, 1.165) is 24.5 Å². The Labute approximate surface area is 165 Å². The van der Waals surface area contributed by atoms with Gasteiger partial charge in [-0.05, 0) is 42.7 Å². The lowest BCUT2D eigenvalue weighted by molar-refractivity contribution is -0.274. The Morgan fingerprint density at radius 3 is 2.41 bits per heavy atom. The lowest BCUT2D eigenvalue weighted by Crippen LogP contribution is -2.20. The first-order valence-electron chi connectivity index (χ1n) is 9.01. The summed E-state index contributed by atoms with van der Waals surface area (Å²) in [6.07, 6.45) is -0.557. The fraction of sp³-hybridized carbons (Fsp3) is 0.238. The van der Waals surface area contributed by atoms with Gasteiger partial charge in [0.2, 0.25) is 11.8 Å². The van der Waals surface area contributed by atoms with Crippen LogP contribution in [0.4, 0.5) is 18.9 Å². The summed E-state index contributed by atoms with van der Waals surface area (Å²) in [7, 11) is 0. The average Bonchev–Trinajstić information content (AvgIpc) is 3.51. The van der Waals surface area contributed by atoms with Gasteiger partial charge in [-0.3, -0.25) is 9.59 Å². The number of ether oxygens (including phenoxy) is 1. The molecular formula is C21H19F3N2O3. The van der Waals surface area contributed by atoms with Crippen LogP contribution in [0.15, 0.2) is 54.6 Å². The number of para-hydroxylation sites is 1. The molecule has 0 aliphatic heterocycles. The highest BCUT2D eigenvalue weighted by Gasteiger charge is 2.31. The van der Waals surface area contributed by atoms with Gasteiger partial charge in [0.25, 0.3) is 0 Å². The van der Waals surface area contributed by atoms with Crippen molar-refractivity contribution in [3.05, 3.63) is 65.7 Å². The van der Waals surface area contributed by atoms with Crippen LogP contribution in [0.25, 0.3) is 6.08 Å². The second kappa shape index (κ2) is 8.81. The number of carbonyl (C=O) groups excluding carboxylic acids is 2. The molecule has 8 heteroatoms. The van der Waals surface area contributed by atoms with E-state index in [1.54, 1.807) is 30.3 Å². The van der Waals surface area contributed by atoms with Crippen molar-refractivity contribution in [3.63, 3.8) is 0 Å². The minimum absolute atomic E-state index is 0.0194. The molecule has 0 bridgehead atoms. The molecule has 1 saturated carbocycles. The standard InChI is InChI=1S/C21H19F3N2O3/c22-21(23,24)29-18-4-2-1-3-15(18)9-12-19(27)25-13-14-5-10-17(11-6-14)26-20(28)16-7-8-16/h1-6,9-12,16H,7-8,13H2,(H,25,27)(H,26,28)/b12-9+. The molecule has 3 rings (SSSR count). The summed E-state index contributed by atoms with van der Waals surface area (Å²) in [5.41, 5.74) is 1.64. The van der Waals surface area contributed by atoms with Gasteiger partial charge in [0.05, 0.1) is 0 Å². The first kappa shape index (κ1) is 20.4. The monoisotopic (exact) mass is 404 g/mol. The van der Waals surface area contributed by atoms with Crippen molar-refractivity contribution in [3.8, 4) is 5.75 Å². The molecule has 2 amide bonds. The van der Waals surface area contributed by atoms with E-state index < -0.39 is 12.3 Å². The van der Waals surface area contributed by atoms with E-state index in [9.17, 15) is 22.8 Å². The van der Waals surface area contributed by atoms with Gasteiger partial charge in [0.15, 0.2) is 0 Å². The number of nitrogens with one attached hydrogen (secondary N) is 2. The van der Waals surface area contributed by atoms with Crippen LogP contribution < -0.4 is 15.4 Å². The van der Waals surface area contributed by atoms with Crippen LogP contribution in [0.3, 0.4) is 0 Å². The number of amides is 2. The van der Waals surface area contributed by atoms with Crippen LogP contribution in [0.1, 0.15) is 24.0 Å². The molecule has 29 heavy (non-hydrogen) atoms. The first-order chi connectivity index (χ1) is 13.8. The highest BCUT2D eigenvalue weighted by atomic mass is 19.4. The smallest absolute Gasteiger partial charge is 0.405 e. The molecule has 0 saturated heterocycles. The summed E-state index contributed by atoms with van der Waals surface area (Å²) in [5, 5.41) is 5.48. The zero-order chi connectivity index (χ0) is 20.9. The van der Waals surface area contributed by atoms with Gasteiger partial charge in [-0.25, -0.2) is 0 Å². The van der Waals surface area contributed by atoms with Crippen molar-refractivity contribution in [2.24, 2.45) is 5.92 Å². The number of carbonyl (C=O) groups is 2. The Morgan fingerprint density at radius 2 is 1.76 bits per heavy atom. The van der Waals surface area contributed by atoms with E-state index in [1.807, 2.05) is 0 Å². The molecule has 0 atom stereocenters. The number of alkyl halides is 3. The normalized spacial score (nSPS) is 13.9. The van der Waals surface area contributed by atoms with E-state index in [2.05, 4.69) is 15.4 Å². The van der Waals surface area contributed by atoms with Crippen molar-refractivity contribution < 1.29 is 27.5 Å². The highest BCUT2D eigenvalue weighted by molar-refractivity contribution is 5.94. The first-order valence-corrected chi connectivity index (χ1v) is 9.01.